The molecule has 1 heterocycles. The second kappa shape index (κ2) is 5.63. The first kappa shape index (κ1) is 14.2. The van der Waals surface area contributed by atoms with E-state index in [1.165, 1.54) is 25.3 Å². The molecular formula is C11H9BrFNO4. The number of para-hydroxylation sites is 1. The molecule has 0 aliphatic rings. The Kier molecular flexibility index (Phi) is 4.43. The molecular weight excluding hydrogens is 309 g/mol. The van der Waals surface area contributed by atoms with Crippen molar-refractivity contribution in [1.82, 2.24) is 5.16 Å². The van der Waals surface area contributed by atoms with Gasteiger partial charge in [0.25, 0.3) is 0 Å². The van der Waals surface area contributed by atoms with Crippen LogP contribution in [0.5, 0.6) is 5.75 Å². The molecule has 1 aromatic carbocycles. The van der Waals surface area contributed by atoms with Crippen LogP contribution < -0.4 is 4.74 Å². The number of carboxylic acids is 1. The van der Waals surface area contributed by atoms with Crippen molar-refractivity contribution in [1.29, 1.82) is 0 Å². The Morgan fingerprint density at radius 3 is 2.78 bits per heavy atom. The summed E-state index contributed by atoms with van der Waals surface area (Å²) in [7, 11) is 1.32. The molecule has 0 fully saturated rings. The molecule has 0 bridgehead atoms. The average Bonchev–Trinajstić information content (AvgIpc) is 2.77. The highest BCUT2D eigenvalue weighted by Crippen LogP contribution is 2.31. The van der Waals surface area contributed by atoms with Crippen molar-refractivity contribution in [3.8, 4) is 17.0 Å². The molecule has 2 rings (SSSR count). The van der Waals surface area contributed by atoms with Crippen molar-refractivity contribution in [2.45, 2.75) is 0 Å². The van der Waals surface area contributed by atoms with E-state index in [-0.39, 0.29) is 34.2 Å². The minimum Gasteiger partial charge on any atom is -0.493 e. The minimum atomic E-state index is -1.24. The van der Waals surface area contributed by atoms with Crippen LogP contribution in [0.4, 0.5) is 4.39 Å². The van der Waals surface area contributed by atoms with Crippen molar-refractivity contribution in [2.75, 3.05) is 7.11 Å². The van der Waals surface area contributed by atoms with Gasteiger partial charge in [-0.2, -0.15) is 0 Å². The maximum absolute atomic E-state index is 13.4. The SMILES string of the molecule is Br.COc1c(F)cccc1-c1cc(C(=O)O)on1. The first-order valence-corrected chi connectivity index (χ1v) is 4.66. The number of carboxylic acid groups (broad SMARTS) is 1. The lowest BCUT2D eigenvalue weighted by Crippen LogP contribution is -1.92. The van der Waals surface area contributed by atoms with E-state index in [9.17, 15) is 9.18 Å². The van der Waals surface area contributed by atoms with Crippen LogP contribution in [0.25, 0.3) is 11.3 Å². The Morgan fingerprint density at radius 1 is 1.50 bits per heavy atom. The number of aromatic nitrogens is 1. The van der Waals surface area contributed by atoms with E-state index in [1.54, 1.807) is 6.07 Å². The van der Waals surface area contributed by atoms with Crippen LogP contribution in [0.1, 0.15) is 10.6 Å². The number of methoxy groups -OCH3 is 1. The molecule has 0 radical (unpaired) electrons. The maximum atomic E-state index is 13.4. The molecule has 0 saturated carbocycles. The number of hydrogen-bond donors (Lipinski definition) is 1. The van der Waals surface area contributed by atoms with Crippen molar-refractivity contribution in [2.24, 2.45) is 0 Å². The number of benzene rings is 1. The average molecular weight is 318 g/mol. The second-order valence-electron chi connectivity index (χ2n) is 3.20. The molecule has 0 amide bonds. The van der Waals surface area contributed by atoms with Gasteiger partial charge in [-0.1, -0.05) is 11.2 Å². The molecule has 2 aromatic rings. The van der Waals surface area contributed by atoms with Gasteiger partial charge in [-0.3, -0.25) is 0 Å². The Balaban J connectivity index is 0.00000162. The molecule has 0 unspecified atom stereocenters. The molecule has 0 saturated heterocycles. The highest BCUT2D eigenvalue weighted by Gasteiger charge is 2.17. The highest BCUT2D eigenvalue weighted by molar-refractivity contribution is 8.93. The van der Waals surface area contributed by atoms with Crippen LogP contribution in [0, 0.1) is 5.82 Å². The fourth-order valence-electron chi connectivity index (χ4n) is 1.42. The second-order valence-corrected chi connectivity index (χ2v) is 3.20. The maximum Gasteiger partial charge on any atom is 0.374 e. The van der Waals surface area contributed by atoms with Gasteiger partial charge in [-0.25, -0.2) is 9.18 Å². The number of nitrogens with zero attached hydrogens (tertiary/aromatic N) is 1. The van der Waals surface area contributed by atoms with Gasteiger partial charge in [0.2, 0.25) is 5.76 Å². The van der Waals surface area contributed by atoms with E-state index in [0.29, 0.717) is 5.56 Å². The van der Waals surface area contributed by atoms with Crippen LogP contribution in [-0.2, 0) is 0 Å². The minimum absolute atomic E-state index is 0. The quantitative estimate of drug-likeness (QED) is 0.942. The van der Waals surface area contributed by atoms with E-state index in [0.717, 1.165) is 0 Å². The predicted octanol–water partition coefficient (Wildman–Crippen LogP) is 2.77. The number of hydrogen-bond acceptors (Lipinski definition) is 4. The molecule has 1 N–H and O–H groups in total. The third-order valence-corrected chi connectivity index (χ3v) is 2.17. The molecule has 18 heavy (non-hydrogen) atoms. The number of ether oxygens (including phenoxy) is 1. The number of aromatic carboxylic acids is 1. The van der Waals surface area contributed by atoms with Crippen LogP contribution in [0.15, 0.2) is 28.8 Å². The first-order valence-electron chi connectivity index (χ1n) is 4.66. The highest BCUT2D eigenvalue weighted by atomic mass is 79.9. The lowest BCUT2D eigenvalue weighted by Gasteiger charge is -2.05. The largest absolute Gasteiger partial charge is 0.493 e. The summed E-state index contributed by atoms with van der Waals surface area (Å²) in [6.45, 7) is 0. The van der Waals surface area contributed by atoms with Gasteiger partial charge in [-0.15, -0.1) is 17.0 Å². The van der Waals surface area contributed by atoms with Gasteiger partial charge in [-0.05, 0) is 12.1 Å². The van der Waals surface area contributed by atoms with Crippen LogP contribution in [-0.4, -0.2) is 23.3 Å². The monoisotopic (exact) mass is 317 g/mol. The summed E-state index contributed by atoms with van der Waals surface area (Å²) in [4.78, 5) is 10.6. The van der Waals surface area contributed by atoms with Crippen LogP contribution in [0.2, 0.25) is 0 Å². The lowest BCUT2D eigenvalue weighted by molar-refractivity contribution is 0.0652. The topological polar surface area (TPSA) is 72.6 Å². The standard InChI is InChI=1S/C11H8FNO4.BrH/c1-16-10-6(3-2-4-7(10)12)8-5-9(11(14)15)17-13-8;/h2-5H,1H3,(H,14,15);1H. The lowest BCUT2D eigenvalue weighted by atomic mass is 10.1. The zero-order valence-corrected chi connectivity index (χ0v) is 10.9. The predicted molar refractivity (Wildman–Crippen MR) is 65.7 cm³/mol. The first-order chi connectivity index (χ1) is 8.13. The Labute approximate surface area is 112 Å². The van der Waals surface area contributed by atoms with Crippen molar-refractivity contribution >= 4 is 23.0 Å². The zero-order valence-electron chi connectivity index (χ0n) is 9.21. The summed E-state index contributed by atoms with van der Waals surface area (Å²) < 4.78 is 22.9. The molecule has 1 aromatic heterocycles. The van der Waals surface area contributed by atoms with E-state index in [4.69, 9.17) is 9.84 Å². The summed E-state index contributed by atoms with van der Waals surface area (Å²) >= 11 is 0. The van der Waals surface area contributed by atoms with Gasteiger partial charge in [0, 0.05) is 11.6 Å². The van der Waals surface area contributed by atoms with E-state index in [1.807, 2.05) is 0 Å². The number of halogens is 2. The van der Waals surface area contributed by atoms with Crippen molar-refractivity contribution < 1.29 is 23.6 Å². The number of carbonyl (C=O) groups is 1. The van der Waals surface area contributed by atoms with Gasteiger partial charge < -0.3 is 14.4 Å². The normalized spacial score (nSPS) is 9.67. The molecule has 96 valence electrons. The molecule has 7 heteroatoms. The third-order valence-electron chi connectivity index (χ3n) is 2.17. The molecule has 5 nitrogen and oxygen atoms in total. The molecule has 0 aliphatic heterocycles. The fraction of sp³-hybridized carbons (Fsp3) is 0.0909. The van der Waals surface area contributed by atoms with Crippen molar-refractivity contribution in [3.05, 3.63) is 35.8 Å². The number of rotatable bonds is 3. The van der Waals surface area contributed by atoms with Gasteiger partial charge >= 0.3 is 5.97 Å². The Hall–Kier alpha value is -1.89. The molecule has 0 atom stereocenters. The molecule has 0 aliphatic carbocycles. The molecule has 0 spiro atoms. The third kappa shape index (κ3) is 2.51. The van der Waals surface area contributed by atoms with E-state index < -0.39 is 11.8 Å². The zero-order chi connectivity index (χ0) is 12.4. The smallest absolute Gasteiger partial charge is 0.374 e. The van der Waals surface area contributed by atoms with Gasteiger partial charge in [0.1, 0.15) is 5.69 Å². The Bertz CT molecular complexity index is 570. The summed E-state index contributed by atoms with van der Waals surface area (Å²) in [5, 5.41) is 12.2. The summed E-state index contributed by atoms with van der Waals surface area (Å²) in [6.07, 6.45) is 0. The fourth-order valence-corrected chi connectivity index (χ4v) is 1.42. The van der Waals surface area contributed by atoms with Gasteiger partial charge in [0.05, 0.1) is 7.11 Å². The van der Waals surface area contributed by atoms with Crippen molar-refractivity contribution in [3.63, 3.8) is 0 Å². The van der Waals surface area contributed by atoms with Gasteiger partial charge in [0.15, 0.2) is 11.6 Å². The van der Waals surface area contributed by atoms with E-state index >= 15 is 0 Å². The van der Waals surface area contributed by atoms with E-state index in [2.05, 4.69) is 9.68 Å². The van der Waals surface area contributed by atoms with Crippen LogP contribution in [0.3, 0.4) is 0 Å². The summed E-state index contributed by atoms with van der Waals surface area (Å²) in [5.74, 6) is -2.10. The Morgan fingerprint density at radius 2 is 2.22 bits per heavy atom. The summed E-state index contributed by atoms with van der Waals surface area (Å²) in [5.41, 5.74) is 0.544. The van der Waals surface area contributed by atoms with Crippen LogP contribution >= 0.6 is 17.0 Å². The summed E-state index contributed by atoms with van der Waals surface area (Å²) in [6, 6.07) is 5.48.